The van der Waals surface area contributed by atoms with Crippen LogP contribution in [0, 0.1) is 24.5 Å². The molecule has 1 unspecified atom stereocenters. The third kappa shape index (κ3) is 3.83. The molecule has 1 aromatic heterocycles. The SMILES string of the molecule is Cc1ccc(S(=O)(=O)N2CCCC(C(=O)N3CCCc4cc(F)cc(F)c43)C2)s1. The van der Waals surface area contributed by atoms with Gasteiger partial charge in [0.1, 0.15) is 15.8 Å². The van der Waals surface area contributed by atoms with Crippen LogP contribution < -0.4 is 4.90 Å². The number of carbonyl (C=O) groups is 1. The minimum absolute atomic E-state index is 0.0762. The zero-order valence-corrected chi connectivity index (χ0v) is 17.7. The molecule has 0 radical (unpaired) electrons. The molecule has 1 amide bonds. The van der Waals surface area contributed by atoms with Crippen LogP contribution in [0.2, 0.25) is 0 Å². The molecule has 0 spiro atoms. The third-order valence-corrected chi connectivity index (χ3v) is 8.85. The number of carbonyl (C=O) groups excluding carboxylic acids is 1. The van der Waals surface area contributed by atoms with Crippen molar-refractivity contribution in [3.63, 3.8) is 0 Å². The normalized spacial score (nSPS) is 20.5. The quantitative estimate of drug-likeness (QED) is 0.731. The van der Waals surface area contributed by atoms with Crippen molar-refractivity contribution in [1.29, 1.82) is 0 Å². The molecule has 0 bridgehead atoms. The van der Waals surface area contributed by atoms with E-state index in [1.165, 1.54) is 26.6 Å². The summed E-state index contributed by atoms with van der Waals surface area (Å²) < 4.78 is 55.5. The number of nitrogens with zero attached hydrogens (tertiary/aromatic N) is 2. The number of halogens is 2. The molecular weight excluding hydrogens is 418 g/mol. The molecular formula is C20H22F2N2O3S2. The molecule has 156 valence electrons. The van der Waals surface area contributed by atoms with Crippen molar-refractivity contribution in [2.75, 3.05) is 24.5 Å². The van der Waals surface area contributed by atoms with Crippen LogP contribution in [0.25, 0.3) is 0 Å². The van der Waals surface area contributed by atoms with E-state index in [1.807, 2.05) is 6.92 Å². The van der Waals surface area contributed by atoms with Crippen LogP contribution >= 0.6 is 11.3 Å². The monoisotopic (exact) mass is 440 g/mol. The van der Waals surface area contributed by atoms with E-state index in [9.17, 15) is 22.0 Å². The largest absolute Gasteiger partial charge is 0.309 e. The van der Waals surface area contributed by atoms with E-state index < -0.39 is 27.6 Å². The summed E-state index contributed by atoms with van der Waals surface area (Å²) in [6.45, 7) is 2.63. The Labute approximate surface area is 173 Å². The van der Waals surface area contributed by atoms with Gasteiger partial charge in [-0.15, -0.1) is 11.3 Å². The van der Waals surface area contributed by atoms with Gasteiger partial charge in [-0.2, -0.15) is 4.31 Å². The number of hydrogen-bond acceptors (Lipinski definition) is 4. The molecule has 1 saturated heterocycles. The Balaban J connectivity index is 1.58. The van der Waals surface area contributed by atoms with Crippen molar-refractivity contribution in [2.45, 2.75) is 36.8 Å². The van der Waals surface area contributed by atoms with Gasteiger partial charge >= 0.3 is 0 Å². The number of piperidine rings is 1. The molecule has 2 aliphatic rings. The summed E-state index contributed by atoms with van der Waals surface area (Å²) >= 11 is 1.21. The van der Waals surface area contributed by atoms with E-state index in [1.54, 1.807) is 12.1 Å². The highest BCUT2D eigenvalue weighted by Crippen LogP contribution is 2.34. The van der Waals surface area contributed by atoms with E-state index in [0.29, 0.717) is 44.3 Å². The van der Waals surface area contributed by atoms with Crippen molar-refractivity contribution in [1.82, 2.24) is 4.31 Å². The third-order valence-electron chi connectivity index (χ3n) is 5.51. The Bertz CT molecular complexity index is 1050. The lowest BCUT2D eigenvalue weighted by atomic mass is 9.95. The van der Waals surface area contributed by atoms with Gasteiger partial charge in [0, 0.05) is 30.6 Å². The number of rotatable bonds is 3. The molecule has 3 heterocycles. The van der Waals surface area contributed by atoms with Crippen molar-refractivity contribution in [3.05, 3.63) is 46.3 Å². The Morgan fingerprint density at radius 2 is 1.97 bits per heavy atom. The number of hydrogen-bond donors (Lipinski definition) is 0. The van der Waals surface area contributed by atoms with E-state index in [4.69, 9.17) is 0 Å². The van der Waals surface area contributed by atoms with Gasteiger partial charge in [-0.25, -0.2) is 17.2 Å². The molecule has 2 aliphatic heterocycles. The lowest BCUT2D eigenvalue weighted by Crippen LogP contribution is -2.48. The van der Waals surface area contributed by atoms with Crippen LogP contribution in [-0.2, 0) is 21.2 Å². The molecule has 1 fully saturated rings. The fourth-order valence-electron chi connectivity index (χ4n) is 4.13. The van der Waals surface area contributed by atoms with Crippen molar-refractivity contribution >= 4 is 33.0 Å². The first-order valence-corrected chi connectivity index (χ1v) is 11.9. The van der Waals surface area contributed by atoms with Gasteiger partial charge in [-0.1, -0.05) is 0 Å². The predicted molar refractivity (Wildman–Crippen MR) is 108 cm³/mol. The Morgan fingerprint density at radius 3 is 2.69 bits per heavy atom. The number of fused-ring (bicyclic) bond motifs is 1. The topological polar surface area (TPSA) is 57.7 Å². The lowest BCUT2D eigenvalue weighted by molar-refractivity contribution is -0.123. The summed E-state index contributed by atoms with van der Waals surface area (Å²) in [6, 6.07) is 5.41. The molecule has 0 aliphatic carbocycles. The maximum atomic E-state index is 14.5. The molecule has 2 aromatic rings. The van der Waals surface area contributed by atoms with Gasteiger partial charge in [-0.05, 0) is 56.4 Å². The Morgan fingerprint density at radius 1 is 1.17 bits per heavy atom. The lowest BCUT2D eigenvalue weighted by Gasteiger charge is -2.36. The van der Waals surface area contributed by atoms with Crippen molar-refractivity contribution < 1.29 is 22.0 Å². The van der Waals surface area contributed by atoms with Crippen LogP contribution in [0.5, 0.6) is 0 Å². The summed E-state index contributed by atoms with van der Waals surface area (Å²) in [4.78, 5) is 15.5. The Kier molecular flexibility index (Phi) is 5.48. The maximum absolute atomic E-state index is 14.5. The summed E-state index contributed by atoms with van der Waals surface area (Å²) in [5, 5.41) is 0. The van der Waals surface area contributed by atoms with Gasteiger partial charge in [0.15, 0.2) is 0 Å². The second-order valence-electron chi connectivity index (χ2n) is 7.56. The van der Waals surface area contributed by atoms with E-state index in [0.717, 1.165) is 10.9 Å². The predicted octanol–water partition coefficient (Wildman–Crippen LogP) is 3.71. The minimum Gasteiger partial charge on any atom is -0.309 e. The number of benzene rings is 1. The summed E-state index contributed by atoms with van der Waals surface area (Å²) in [5.74, 6) is -2.24. The molecule has 1 aromatic carbocycles. The molecule has 29 heavy (non-hydrogen) atoms. The zero-order valence-electron chi connectivity index (χ0n) is 16.0. The fraction of sp³-hybridized carbons (Fsp3) is 0.450. The molecule has 5 nitrogen and oxygen atoms in total. The number of anilines is 1. The van der Waals surface area contributed by atoms with Crippen molar-refractivity contribution in [3.8, 4) is 0 Å². The smallest absolute Gasteiger partial charge is 0.252 e. The first-order chi connectivity index (χ1) is 13.8. The number of sulfonamides is 1. The molecule has 4 rings (SSSR count). The molecule has 9 heteroatoms. The van der Waals surface area contributed by atoms with Crippen LogP contribution in [0.3, 0.4) is 0 Å². The van der Waals surface area contributed by atoms with E-state index in [-0.39, 0.29) is 22.3 Å². The van der Waals surface area contributed by atoms with Crippen molar-refractivity contribution in [2.24, 2.45) is 5.92 Å². The molecule has 0 saturated carbocycles. The van der Waals surface area contributed by atoms with Gasteiger partial charge in [0.05, 0.1) is 11.6 Å². The number of amides is 1. The van der Waals surface area contributed by atoms with Gasteiger partial charge < -0.3 is 4.90 Å². The molecule has 1 atom stereocenters. The summed E-state index contributed by atoms with van der Waals surface area (Å²) in [5.41, 5.74) is 0.618. The average Bonchev–Trinajstić information content (AvgIpc) is 3.14. The molecule has 0 N–H and O–H groups in total. The second-order valence-corrected chi connectivity index (χ2v) is 11.0. The van der Waals surface area contributed by atoms with E-state index in [2.05, 4.69) is 0 Å². The minimum atomic E-state index is -3.66. The highest BCUT2D eigenvalue weighted by Gasteiger charge is 2.37. The van der Waals surface area contributed by atoms with Crippen LogP contribution in [-0.4, -0.2) is 38.3 Å². The van der Waals surface area contributed by atoms with Crippen LogP contribution in [0.15, 0.2) is 28.5 Å². The highest BCUT2D eigenvalue weighted by atomic mass is 32.2. The summed E-state index contributed by atoms with van der Waals surface area (Å²) in [6.07, 6.45) is 2.23. The van der Waals surface area contributed by atoms with Crippen LogP contribution in [0.1, 0.15) is 29.7 Å². The standard InChI is InChI=1S/C20H22F2N2O3S2/c1-13-6-7-18(28-13)29(26,27)23-8-2-5-15(12-23)20(25)24-9-3-4-14-10-16(21)11-17(22)19(14)24/h6-7,10-11,15H,2-5,8-9,12H2,1H3. The number of aryl methyl sites for hydroxylation is 2. The fourth-order valence-corrected chi connectivity index (χ4v) is 7.09. The van der Waals surface area contributed by atoms with Gasteiger partial charge in [0.25, 0.3) is 10.0 Å². The maximum Gasteiger partial charge on any atom is 0.252 e. The first kappa shape index (κ1) is 20.4. The van der Waals surface area contributed by atoms with Gasteiger partial charge in [0.2, 0.25) is 5.91 Å². The van der Waals surface area contributed by atoms with Crippen LogP contribution in [0.4, 0.5) is 14.5 Å². The first-order valence-electron chi connectivity index (χ1n) is 9.63. The second kappa shape index (κ2) is 7.77. The van der Waals surface area contributed by atoms with E-state index >= 15 is 0 Å². The Hall–Kier alpha value is -1.84. The highest BCUT2D eigenvalue weighted by molar-refractivity contribution is 7.91. The zero-order chi connectivity index (χ0) is 20.8. The number of thiophene rings is 1. The average molecular weight is 441 g/mol. The summed E-state index contributed by atoms with van der Waals surface area (Å²) in [7, 11) is -3.66. The van der Waals surface area contributed by atoms with Gasteiger partial charge in [-0.3, -0.25) is 4.79 Å².